The third-order valence-electron chi connectivity index (χ3n) is 6.11. The van der Waals surface area contributed by atoms with Crippen LogP contribution >= 0.6 is 0 Å². The molecule has 1 saturated carbocycles. The molecule has 0 bridgehead atoms. The summed E-state index contributed by atoms with van der Waals surface area (Å²) >= 11 is 0. The Bertz CT molecular complexity index is 718. The van der Waals surface area contributed by atoms with Crippen molar-refractivity contribution in [3.05, 3.63) is 35.9 Å². The monoisotopic (exact) mass is 445 g/mol. The van der Waals surface area contributed by atoms with Crippen LogP contribution in [0.25, 0.3) is 0 Å². The van der Waals surface area contributed by atoms with Crippen molar-refractivity contribution in [1.82, 2.24) is 15.5 Å². The van der Waals surface area contributed by atoms with Gasteiger partial charge in [-0.15, -0.1) is 0 Å². The Labute approximate surface area is 190 Å². The van der Waals surface area contributed by atoms with Crippen LogP contribution in [0.2, 0.25) is 0 Å². The van der Waals surface area contributed by atoms with Crippen molar-refractivity contribution in [2.75, 3.05) is 32.9 Å². The van der Waals surface area contributed by atoms with E-state index in [1.807, 2.05) is 30.3 Å². The number of hydrogen-bond donors (Lipinski definition) is 2. The summed E-state index contributed by atoms with van der Waals surface area (Å²) in [5.74, 6) is 0.0612. The molecule has 1 saturated heterocycles. The molecule has 8 heteroatoms. The Morgan fingerprint density at radius 2 is 1.81 bits per heavy atom. The first-order chi connectivity index (χ1) is 15.7. The molecule has 2 fully saturated rings. The molecule has 3 rings (SSSR count). The van der Waals surface area contributed by atoms with Crippen molar-refractivity contribution < 1.29 is 23.9 Å². The predicted molar refractivity (Wildman–Crippen MR) is 120 cm³/mol. The minimum absolute atomic E-state index is 0.0810. The lowest BCUT2D eigenvalue weighted by Crippen LogP contribution is -2.55. The fourth-order valence-corrected chi connectivity index (χ4v) is 4.27. The van der Waals surface area contributed by atoms with Crippen LogP contribution in [0.4, 0.5) is 4.79 Å². The summed E-state index contributed by atoms with van der Waals surface area (Å²) in [6.07, 6.45) is 6.92. The Morgan fingerprint density at radius 1 is 1.09 bits per heavy atom. The van der Waals surface area contributed by atoms with Crippen molar-refractivity contribution in [2.45, 2.75) is 57.2 Å². The number of amides is 3. The SMILES string of the molecule is O=C[C@H](COCc1ccccc1)NC(=O)[C@H](CC1CCCCC1)NC(=O)N1CCOCC1. The molecule has 2 aliphatic rings. The van der Waals surface area contributed by atoms with E-state index >= 15 is 0 Å². The second-order valence-electron chi connectivity index (χ2n) is 8.59. The number of urea groups is 1. The normalized spacial score (nSPS) is 19.1. The van der Waals surface area contributed by atoms with Gasteiger partial charge < -0.3 is 29.8 Å². The summed E-state index contributed by atoms with van der Waals surface area (Å²) in [6.45, 7) is 2.46. The highest BCUT2D eigenvalue weighted by Gasteiger charge is 2.29. The van der Waals surface area contributed by atoms with Crippen LogP contribution in [-0.2, 0) is 25.7 Å². The van der Waals surface area contributed by atoms with E-state index in [1.165, 1.54) is 6.42 Å². The predicted octanol–water partition coefficient (Wildman–Crippen LogP) is 2.27. The summed E-state index contributed by atoms with van der Waals surface area (Å²) in [6, 6.07) is 7.95. The third kappa shape index (κ3) is 7.91. The summed E-state index contributed by atoms with van der Waals surface area (Å²) in [5, 5.41) is 5.67. The molecule has 1 aromatic carbocycles. The first kappa shape index (κ1) is 24.2. The maximum atomic E-state index is 13.1. The Morgan fingerprint density at radius 3 is 2.50 bits per heavy atom. The van der Waals surface area contributed by atoms with Crippen LogP contribution < -0.4 is 10.6 Å². The highest BCUT2D eigenvalue weighted by atomic mass is 16.5. The number of morpholine rings is 1. The van der Waals surface area contributed by atoms with Gasteiger partial charge in [0.05, 0.1) is 26.4 Å². The summed E-state index contributed by atoms with van der Waals surface area (Å²) in [4.78, 5) is 39.0. The molecule has 3 amide bonds. The molecule has 176 valence electrons. The zero-order valence-electron chi connectivity index (χ0n) is 18.7. The van der Waals surface area contributed by atoms with Gasteiger partial charge in [-0.1, -0.05) is 62.4 Å². The van der Waals surface area contributed by atoms with Gasteiger partial charge in [-0.05, 0) is 17.9 Å². The van der Waals surface area contributed by atoms with Crippen LogP contribution in [0.15, 0.2) is 30.3 Å². The van der Waals surface area contributed by atoms with Crippen LogP contribution in [-0.4, -0.2) is 68.1 Å². The molecule has 0 unspecified atom stereocenters. The van der Waals surface area contributed by atoms with Crippen molar-refractivity contribution in [2.24, 2.45) is 5.92 Å². The molecule has 1 aliphatic heterocycles. The summed E-state index contributed by atoms with van der Waals surface area (Å²) in [5.41, 5.74) is 0.997. The van der Waals surface area contributed by atoms with E-state index in [0.29, 0.717) is 51.5 Å². The number of nitrogens with zero attached hydrogens (tertiary/aromatic N) is 1. The molecule has 1 aliphatic carbocycles. The van der Waals surface area contributed by atoms with Crippen LogP contribution in [0.5, 0.6) is 0 Å². The lowest BCUT2D eigenvalue weighted by atomic mass is 9.84. The molecule has 1 aromatic rings. The number of benzene rings is 1. The Kier molecular flexibility index (Phi) is 9.97. The molecular formula is C24H35N3O5. The van der Waals surface area contributed by atoms with Gasteiger partial charge >= 0.3 is 6.03 Å². The molecular weight excluding hydrogens is 410 g/mol. The molecule has 0 aromatic heterocycles. The zero-order valence-corrected chi connectivity index (χ0v) is 18.7. The smallest absolute Gasteiger partial charge is 0.318 e. The fraction of sp³-hybridized carbons (Fsp3) is 0.625. The lowest BCUT2D eigenvalue weighted by molar-refractivity contribution is -0.127. The minimum atomic E-state index is -0.764. The number of aldehydes is 1. The number of rotatable bonds is 10. The minimum Gasteiger partial charge on any atom is -0.378 e. The van der Waals surface area contributed by atoms with Crippen molar-refractivity contribution in [1.29, 1.82) is 0 Å². The zero-order chi connectivity index (χ0) is 22.6. The second-order valence-corrected chi connectivity index (χ2v) is 8.59. The molecule has 32 heavy (non-hydrogen) atoms. The van der Waals surface area contributed by atoms with Gasteiger partial charge in [0.1, 0.15) is 18.4 Å². The van der Waals surface area contributed by atoms with E-state index in [-0.39, 0.29) is 18.5 Å². The number of nitrogens with one attached hydrogen (secondary N) is 2. The van der Waals surface area contributed by atoms with E-state index in [1.54, 1.807) is 4.90 Å². The van der Waals surface area contributed by atoms with Crippen LogP contribution in [0.1, 0.15) is 44.1 Å². The average Bonchev–Trinajstić information content (AvgIpc) is 2.84. The van der Waals surface area contributed by atoms with Gasteiger partial charge in [-0.3, -0.25) is 4.79 Å². The number of hydrogen-bond acceptors (Lipinski definition) is 5. The van der Waals surface area contributed by atoms with E-state index < -0.39 is 12.1 Å². The van der Waals surface area contributed by atoms with Crippen molar-refractivity contribution in [3.8, 4) is 0 Å². The first-order valence-corrected chi connectivity index (χ1v) is 11.7. The summed E-state index contributed by atoms with van der Waals surface area (Å²) in [7, 11) is 0. The largest absolute Gasteiger partial charge is 0.378 e. The standard InChI is InChI=1S/C24H35N3O5/c28-16-21(18-32-17-20-9-5-2-6-10-20)25-23(29)22(15-19-7-3-1-4-8-19)26-24(30)27-11-13-31-14-12-27/h2,5-6,9-10,16,19,21-22H,1,3-4,7-8,11-15,17-18H2,(H,25,29)(H,26,30)/t21-,22+/m1/s1. The highest BCUT2D eigenvalue weighted by Crippen LogP contribution is 2.27. The van der Waals surface area contributed by atoms with Gasteiger partial charge in [0, 0.05) is 13.1 Å². The highest BCUT2D eigenvalue weighted by molar-refractivity contribution is 5.88. The molecule has 2 N–H and O–H groups in total. The number of carbonyl (C=O) groups is 3. The fourth-order valence-electron chi connectivity index (χ4n) is 4.27. The quantitative estimate of drug-likeness (QED) is 0.539. The van der Waals surface area contributed by atoms with E-state index in [0.717, 1.165) is 31.2 Å². The van der Waals surface area contributed by atoms with Crippen molar-refractivity contribution in [3.63, 3.8) is 0 Å². The van der Waals surface area contributed by atoms with E-state index in [4.69, 9.17) is 9.47 Å². The van der Waals surface area contributed by atoms with Gasteiger partial charge in [0.15, 0.2) is 0 Å². The van der Waals surface area contributed by atoms with Crippen molar-refractivity contribution >= 4 is 18.2 Å². The summed E-state index contributed by atoms with van der Waals surface area (Å²) < 4.78 is 10.9. The average molecular weight is 446 g/mol. The molecule has 1 heterocycles. The molecule has 8 nitrogen and oxygen atoms in total. The topological polar surface area (TPSA) is 97.0 Å². The van der Waals surface area contributed by atoms with Crippen LogP contribution in [0, 0.1) is 5.92 Å². The number of carbonyl (C=O) groups excluding carboxylic acids is 3. The van der Waals surface area contributed by atoms with E-state index in [9.17, 15) is 14.4 Å². The van der Waals surface area contributed by atoms with E-state index in [2.05, 4.69) is 10.6 Å². The van der Waals surface area contributed by atoms with Gasteiger partial charge in [0.2, 0.25) is 5.91 Å². The van der Waals surface area contributed by atoms with Crippen LogP contribution in [0.3, 0.4) is 0 Å². The van der Waals surface area contributed by atoms with Gasteiger partial charge in [-0.2, -0.15) is 0 Å². The first-order valence-electron chi connectivity index (χ1n) is 11.7. The lowest BCUT2D eigenvalue weighted by Gasteiger charge is -2.31. The number of ether oxygens (including phenoxy) is 2. The third-order valence-corrected chi connectivity index (χ3v) is 6.11. The van der Waals surface area contributed by atoms with Gasteiger partial charge in [0.25, 0.3) is 0 Å². The maximum Gasteiger partial charge on any atom is 0.318 e. The van der Waals surface area contributed by atoms with Gasteiger partial charge in [-0.25, -0.2) is 4.79 Å². The Hall–Kier alpha value is -2.45. The molecule has 0 spiro atoms. The Balaban J connectivity index is 1.54. The maximum absolute atomic E-state index is 13.1. The molecule has 2 atom stereocenters. The second kappa shape index (κ2) is 13.2. The molecule has 0 radical (unpaired) electrons.